The number of hydrogen-bond acceptors (Lipinski definition) is 2. The van der Waals surface area contributed by atoms with Crippen molar-refractivity contribution in [3.8, 4) is 0 Å². The zero-order chi connectivity index (χ0) is 10.1. The number of aromatic nitrogens is 2. The lowest BCUT2D eigenvalue weighted by atomic mass is 10.0. The first-order valence-corrected chi connectivity index (χ1v) is 4.75. The number of hydrogen-bond donors (Lipinski definition) is 1. The fraction of sp³-hybridized carbons (Fsp3) is 0.364. The van der Waals surface area contributed by atoms with Crippen LogP contribution in [-0.4, -0.2) is 21.3 Å². The summed E-state index contributed by atoms with van der Waals surface area (Å²) in [7, 11) is 1.98. The molecule has 0 bridgehead atoms. The van der Waals surface area contributed by atoms with E-state index in [2.05, 4.69) is 4.98 Å². The Labute approximate surface area is 83.0 Å². The second kappa shape index (κ2) is 3.42. The van der Waals surface area contributed by atoms with E-state index >= 15 is 0 Å². The number of aliphatic hydroxyl groups excluding tert-OH is 1. The van der Waals surface area contributed by atoms with Crippen molar-refractivity contribution in [3.63, 3.8) is 0 Å². The molecule has 1 aromatic heterocycles. The number of aliphatic hydroxyl groups is 1. The molecule has 0 saturated carbocycles. The van der Waals surface area contributed by atoms with Gasteiger partial charge in [0.05, 0.1) is 17.4 Å². The number of benzene rings is 1. The van der Waals surface area contributed by atoms with Crippen molar-refractivity contribution in [1.29, 1.82) is 0 Å². The van der Waals surface area contributed by atoms with Gasteiger partial charge in [0.25, 0.3) is 0 Å². The molecule has 0 radical (unpaired) electrons. The van der Waals surface area contributed by atoms with E-state index in [0.29, 0.717) is 0 Å². The molecular formula is C11H14N2O. The van der Waals surface area contributed by atoms with E-state index in [0.717, 1.165) is 16.6 Å². The minimum Gasteiger partial charge on any atom is -0.396 e. The fourth-order valence-corrected chi connectivity index (χ4v) is 1.74. The normalized spacial score (nSPS) is 13.4. The first-order valence-electron chi connectivity index (χ1n) is 4.75. The third-order valence-electron chi connectivity index (χ3n) is 2.57. The monoisotopic (exact) mass is 190 g/mol. The van der Waals surface area contributed by atoms with Crippen LogP contribution in [0.25, 0.3) is 11.0 Å². The molecule has 1 atom stereocenters. The molecule has 0 spiro atoms. The van der Waals surface area contributed by atoms with Crippen molar-refractivity contribution < 1.29 is 5.11 Å². The number of imidazole rings is 1. The largest absolute Gasteiger partial charge is 0.396 e. The van der Waals surface area contributed by atoms with Crippen LogP contribution in [0, 0.1) is 0 Å². The van der Waals surface area contributed by atoms with E-state index in [1.807, 2.05) is 36.7 Å². The van der Waals surface area contributed by atoms with E-state index in [1.54, 1.807) is 6.33 Å². The van der Waals surface area contributed by atoms with Crippen molar-refractivity contribution in [2.75, 3.05) is 6.61 Å². The summed E-state index contributed by atoms with van der Waals surface area (Å²) in [5.74, 6) is 0.161. The summed E-state index contributed by atoms with van der Waals surface area (Å²) in [6.45, 7) is 2.19. The lowest BCUT2D eigenvalue weighted by molar-refractivity contribution is 0.273. The van der Waals surface area contributed by atoms with Crippen LogP contribution in [-0.2, 0) is 7.05 Å². The topological polar surface area (TPSA) is 38.1 Å². The Morgan fingerprint density at radius 2 is 2.29 bits per heavy atom. The number of aryl methyl sites for hydroxylation is 1. The Hall–Kier alpha value is -1.35. The fourth-order valence-electron chi connectivity index (χ4n) is 1.74. The highest BCUT2D eigenvalue weighted by Gasteiger charge is 2.10. The van der Waals surface area contributed by atoms with Crippen LogP contribution in [0.2, 0.25) is 0 Å². The molecule has 1 unspecified atom stereocenters. The lowest BCUT2D eigenvalue weighted by Gasteiger charge is -2.10. The molecule has 3 heteroatoms. The maximum atomic E-state index is 9.15. The van der Waals surface area contributed by atoms with Crippen LogP contribution in [0.1, 0.15) is 18.4 Å². The van der Waals surface area contributed by atoms with Crippen molar-refractivity contribution in [3.05, 3.63) is 30.1 Å². The molecule has 1 aromatic carbocycles. The van der Waals surface area contributed by atoms with Crippen molar-refractivity contribution in [2.24, 2.45) is 7.05 Å². The number of nitrogens with zero attached hydrogens (tertiary/aromatic N) is 2. The standard InChI is InChI=1S/C11H14N2O/c1-8(6-14)9-4-3-5-10-11(9)13(2)7-12-10/h3-5,7-8,14H,6H2,1-2H3. The van der Waals surface area contributed by atoms with E-state index in [1.165, 1.54) is 0 Å². The summed E-state index contributed by atoms with van der Waals surface area (Å²) in [6.07, 6.45) is 1.80. The van der Waals surface area contributed by atoms with Crippen molar-refractivity contribution >= 4 is 11.0 Å². The summed E-state index contributed by atoms with van der Waals surface area (Å²) in [5, 5.41) is 9.15. The van der Waals surface area contributed by atoms with E-state index in [4.69, 9.17) is 5.11 Å². The van der Waals surface area contributed by atoms with Gasteiger partial charge in [-0.3, -0.25) is 0 Å². The van der Waals surface area contributed by atoms with E-state index in [9.17, 15) is 0 Å². The summed E-state index contributed by atoms with van der Waals surface area (Å²) >= 11 is 0. The molecule has 2 rings (SSSR count). The quantitative estimate of drug-likeness (QED) is 0.782. The first-order chi connectivity index (χ1) is 6.74. The molecule has 1 heterocycles. The first kappa shape index (κ1) is 9.21. The van der Waals surface area contributed by atoms with Gasteiger partial charge in [0.2, 0.25) is 0 Å². The van der Waals surface area contributed by atoms with Gasteiger partial charge < -0.3 is 9.67 Å². The molecule has 2 aromatic rings. The Bertz CT molecular complexity index is 447. The predicted octanol–water partition coefficient (Wildman–Crippen LogP) is 1.67. The third-order valence-corrected chi connectivity index (χ3v) is 2.57. The molecule has 0 amide bonds. The maximum absolute atomic E-state index is 9.15. The van der Waals surface area contributed by atoms with E-state index in [-0.39, 0.29) is 12.5 Å². The Morgan fingerprint density at radius 1 is 1.50 bits per heavy atom. The smallest absolute Gasteiger partial charge is 0.0955 e. The lowest BCUT2D eigenvalue weighted by Crippen LogP contribution is -2.01. The van der Waals surface area contributed by atoms with Crippen molar-refractivity contribution in [1.82, 2.24) is 9.55 Å². The molecule has 74 valence electrons. The van der Waals surface area contributed by atoms with Crippen molar-refractivity contribution in [2.45, 2.75) is 12.8 Å². The highest BCUT2D eigenvalue weighted by molar-refractivity contribution is 5.79. The molecule has 0 fully saturated rings. The van der Waals surface area contributed by atoms with Crippen LogP contribution >= 0.6 is 0 Å². The van der Waals surface area contributed by atoms with Gasteiger partial charge in [0, 0.05) is 19.6 Å². The molecule has 0 saturated heterocycles. The zero-order valence-corrected chi connectivity index (χ0v) is 8.44. The molecule has 0 aliphatic rings. The van der Waals surface area contributed by atoms with Crippen LogP contribution < -0.4 is 0 Å². The molecule has 3 nitrogen and oxygen atoms in total. The summed E-state index contributed by atoms with van der Waals surface area (Å²) in [5.41, 5.74) is 3.27. The molecular weight excluding hydrogens is 176 g/mol. The number of rotatable bonds is 2. The third kappa shape index (κ3) is 1.30. The predicted molar refractivity (Wildman–Crippen MR) is 56.2 cm³/mol. The highest BCUT2D eigenvalue weighted by Crippen LogP contribution is 2.23. The SMILES string of the molecule is CC(CO)c1cccc2ncn(C)c12. The van der Waals surface area contributed by atoms with E-state index < -0.39 is 0 Å². The average Bonchev–Trinajstić information content (AvgIpc) is 2.59. The second-order valence-electron chi connectivity index (χ2n) is 3.65. The number of para-hydroxylation sites is 1. The summed E-state index contributed by atoms with van der Waals surface area (Å²) < 4.78 is 2.00. The summed E-state index contributed by atoms with van der Waals surface area (Å²) in [4.78, 5) is 4.28. The van der Waals surface area contributed by atoms with Crippen LogP contribution in [0.5, 0.6) is 0 Å². The zero-order valence-electron chi connectivity index (χ0n) is 8.44. The van der Waals surface area contributed by atoms with Gasteiger partial charge in [-0.25, -0.2) is 4.98 Å². The second-order valence-corrected chi connectivity index (χ2v) is 3.65. The Kier molecular flexibility index (Phi) is 2.25. The Morgan fingerprint density at radius 3 is 3.00 bits per heavy atom. The molecule has 0 aliphatic heterocycles. The van der Waals surface area contributed by atoms with Gasteiger partial charge in [-0.15, -0.1) is 0 Å². The van der Waals surface area contributed by atoms with Gasteiger partial charge in [-0.05, 0) is 11.6 Å². The van der Waals surface area contributed by atoms with Crippen LogP contribution in [0.3, 0.4) is 0 Å². The minimum atomic E-state index is 0.161. The molecule has 1 N–H and O–H groups in total. The van der Waals surface area contributed by atoms with Gasteiger partial charge in [0.1, 0.15) is 0 Å². The highest BCUT2D eigenvalue weighted by atomic mass is 16.3. The van der Waals surface area contributed by atoms with Crippen LogP contribution in [0.15, 0.2) is 24.5 Å². The van der Waals surface area contributed by atoms with Crippen LogP contribution in [0.4, 0.5) is 0 Å². The van der Waals surface area contributed by atoms with Gasteiger partial charge in [0.15, 0.2) is 0 Å². The molecule has 0 aliphatic carbocycles. The van der Waals surface area contributed by atoms with Gasteiger partial charge in [-0.1, -0.05) is 19.1 Å². The average molecular weight is 190 g/mol. The molecule has 14 heavy (non-hydrogen) atoms. The maximum Gasteiger partial charge on any atom is 0.0955 e. The number of fused-ring (bicyclic) bond motifs is 1. The summed E-state index contributed by atoms with van der Waals surface area (Å²) in [6, 6.07) is 6.02. The van der Waals surface area contributed by atoms with Gasteiger partial charge in [-0.2, -0.15) is 0 Å². The van der Waals surface area contributed by atoms with Gasteiger partial charge >= 0.3 is 0 Å². The Balaban J connectivity index is 2.69. The minimum absolute atomic E-state index is 0.161.